The summed E-state index contributed by atoms with van der Waals surface area (Å²) in [6.07, 6.45) is 4.49. The highest BCUT2D eigenvalue weighted by Crippen LogP contribution is 2.47. The number of aromatic amines is 1. The van der Waals surface area contributed by atoms with E-state index in [1.54, 1.807) is 24.5 Å². The minimum Gasteiger partial charge on any atom is -0.343 e. The lowest BCUT2D eigenvalue weighted by molar-refractivity contribution is -0.118. The van der Waals surface area contributed by atoms with E-state index in [-0.39, 0.29) is 22.6 Å². The van der Waals surface area contributed by atoms with Gasteiger partial charge in [0.1, 0.15) is 11.6 Å². The van der Waals surface area contributed by atoms with Gasteiger partial charge in [-0.2, -0.15) is 0 Å². The minimum atomic E-state index is -0.513. The predicted molar refractivity (Wildman–Crippen MR) is 126 cm³/mol. The smallest absolute Gasteiger partial charge is 0.257 e. The van der Waals surface area contributed by atoms with Crippen LogP contribution < -0.4 is 10.9 Å². The molecule has 0 radical (unpaired) electrons. The SMILES string of the molecule is CC1(C)CC(=O)C2=C(C1)Nc1nc(SCc3ccc(F)cc3)[nH]c(=O)c1C2c1cccnc1. The van der Waals surface area contributed by atoms with Gasteiger partial charge < -0.3 is 10.3 Å². The molecule has 0 amide bonds. The minimum absolute atomic E-state index is 0.0439. The molecule has 6 nitrogen and oxygen atoms in total. The molecule has 0 bridgehead atoms. The molecule has 33 heavy (non-hydrogen) atoms. The van der Waals surface area contributed by atoms with Crippen molar-refractivity contribution in [2.45, 2.75) is 43.5 Å². The van der Waals surface area contributed by atoms with Gasteiger partial charge in [0.15, 0.2) is 10.9 Å². The van der Waals surface area contributed by atoms with E-state index < -0.39 is 5.92 Å². The average molecular weight is 463 g/mol. The van der Waals surface area contributed by atoms with Gasteiger partial charge in [0.05, 0.1) is 5.56 Å². The highest BCUT2D eigenvalue weighted by molar-refractivity contribution is 7.98. The third-order valence-electron chi connectivity index (χ3n) is 6.01. The number of carbonyl (C=O) groups is 1. The fraction of sp³-hybridized carbons (Fsp3) is 0.280. The van der Waals surface area contributed by atoms with E-state index in [9.17, 15) is 14.0 Å². The Balaban J connectivity index is 1.56. The van der Waals surface area contributed by atoms with Gasteiger partial charge >= 0.3 is 0 Å². The molecule has 0 saturated heterocycles. The first kappa shape index (κ1) is 21.6. The van der Waals surface area contributed by atoms with Crippen molar-refractivity contribution in [2.24, 2.45) is 5.41 Å². The predicted octanol–water partition coefficient (Wildman–Crippen LogP) is 4.80. The number of pyridine rings is 1. The molecule has 0 saturated carbocycles. The molecule has 3 heterocycles. The highest BCUT2D eigenvalue weighted by atomic mass is 32.2. The van der Waals surface area contributed by atoms with Crippen molar-refractivity contribution in [2.75, 3.05) is 5.32 Å². The van der Waals surface area contributed by atoms with E-state index in [0.29, 0.717) is 40.7 Å². The van der Waals surface area contributed by atoms with Crippen molar-refractivity contribution in [3.63, 3.8) is 0 Å². The lowest BCUT2D eigenvalue weighted by Crippen LogP contribution is -2.37. The zero-order valence-electron chi connectivity index (χ0n) is 18.3. The number of aromatic nitrogens is 3. The summed E-state index contributed by atoms with van der Waals surface area (Å²) in [5, 5.41) is 3.78. The van der Waals surface area contributed by atoms with E-state index in [1.807, 2.05) is 12.1 Å². The second kappa shape index (κ2) is 8.26. The Morgan fingerprint density at radius 3 is 2.67 bits per heavy atom. The zero-order valence-corrected chi connectivity index (χ0v) is 19.1. The molecule has 1 aliphatic carbocycles. The first-order chi connectivity index (χ1) is 15.8. The van der Waals surface area contributed by atoms with Crippen molar-refractivity contribution >= 4 is 23.4 Å². The molecule has 0 fully saturated rings. The number of benzene rings is 1. The van der Waals surface area contributed by atoms with Crippen molar-refractivity contribution in [1.82, 2.24) is 15.0 Å². The fourth-order valence-electron chi connectivity index (χ4n) is 4.57. The summed E-state index contributed by atoms with van der Waals surface area (Å²) in [4.78, 5) is 38.3. The van der Waals surface area contributed by atoms with E-state index in [2.05, 4.69) is 29.1 Å². The Morgan fingerprint density at radius 2 is 1.94 bits per heavy atom. The molecule has 1 unspecified atom stereocenters. The number of nitrogens with zero attached hydrogens (tertiary/aromatic N) is 2. The third-order valence-corrected chi connectivity index (χ3v) is 6.95. The Labute approximate surface area is 194 Å². The number of hydrogen-bond acceptors (Lipinski definition) is 6. The maximum Gasteiger partial charge on any atom is 0.257 e. The molecule has 0 spiro atoms. The second-order valence-electron chi connectivity index (χ2n) is 9.23. The van der Waals surface area contributed by atoms with Gasteiger partial charge in [0.2, 0.25) is 0 Å². The summed E-state index contributed by atoms with van der Waals surface area (Å²) in [5.41, 5.74) is 3.14. The molecule has 1 aliphatic heterocycles. The first-order valence-electron chi connectivity index (χ1n) is 10.8. The van der Waals surface area contributed by atoms with Crippen molar-refractivity contribution in [1.29, 1.82) is 0 Å². The van der Waals surface area contributed by atoms with Gasteiger partial charge in [-0.15, -0.1) is 0 Å². The van der Waals surface area contributed by atoms with E-state index in [0.717, 1.165) is 16.8 Å². The summed E-state index contributed by atoms with van der Waals surface area (Å²) in [7, 11) is 0. The zero-order chi connectivity index (χ0) is 23.2. The van der Waals surface area contributed by atoms with Crippen LogP contribution in [0.3, 0.4) is 0 Å². The first-order valence-corrected chi connectivity index (χ1v) is 11.7. The summed E-state index contributed by atoms with van der Waals surface area (Å²) in [6, 6.07) is 9.94. The van der Waals surface area contributed by atoms with Crippen LogP contribution in [0.5, 0.6) is 0 Å². The fourth-order valence-corrected chi connectivity index (χ4v) is 5.39. The Bertz CT molecular complexity index is 1320. The summed E-state index contributed by atoms with van der Waals surface area (Å²) < 4.78 is 13.2. The number of Topliss-reactive ketones (excluding diaryl/α,β-unsaturated/α-hetero) is 1. The number of rotatable bonds is 4. The largest absolute Gasteiger partial charge is 0.343 e. The summed E-state index contributed by atoms with van der Waals surface area (Å²) >= 11 is 1.37. The van der Waals surface area contributed by atoms with Crippen LogP contribution >= 0.6 is 11.8 Å². The molecule has 168 valence electrons. The Kier molecular flexibility index (Phi) is 5.40. The maximum absolute atomic E-state index is 13.3. The van der Waals surface area contributed by atoms with Crippen LogP contribution in [0.1, 0.15) is 49.3 Å². The number of thioether (sulfide) groups is 1. The average Bonchev–Trinajstić information content (AvgIpc) is 2.77. The normalized spacial score (nSPS) is 19.0. The van der Waals surface area contributed by atoms with Crippen molar-refractivity contribution < 1.29 is 9.18 Å². The third kappa shape index (κ3) is 4.23. The van der Waals surface area contributed by atoms with Gasteiger partial charge in [-0.1, -0.05) is 43.8 Å². The number of ketones is 1. The number of anilines is 1. The van der Waals surface area contributed by atoms with Crippen LogP contribution in [0.4, 0.5) is 10.2 Å². The van der Waals surface area contributed by atoms with Crippen LogP contribution in [0.2, 0.25) is 0 Å². The van der Waals surface area contributed by atoms with Gasteiger partial charge in [0, 0.05) is 41.8 Å². The maximum atomic E-state index is 13.3. The number of halogens is 1. The monoisotopic (exact) mass is 462 g/mol. The molecule has 2 N–H and O–H groups in total. The highest BCUT2D eigenvalue weighted by Gasteiger charge is 2.42. The van der Waals surface area contributed by atoms with Gasteiger partial charge in [-0.05, 0) is 41.2 Å². The van der Waals surface area contributed by atoms with Crippen LogP contribution in [0.25, 0.3) is 0 Å². The lowest BCUT2D eigenvalue weighted by Gasteiger charge is -2.38. The Hall–Kier alpha value is -3.26. The second-order valence-corrected chi connectivity index (χ2v) is 10.2. The van der Waals surface area contributed by atoms with Crippen LogP contribution in [-0.2, 0) is 10.5 Å². The Morgan fingerprint density at radius 1 is 1.15 bits per heavy atom. The van der Waals surface area contributed by atoms with Gasteiger partial charge in [-0.25, -0.2) is 9.37 Å². The van der Waals surface area contributed by atoms with E-state index in [4.69, 9.17) is 4.98 Å². The van der Waals surface area contributed by atoms with Crippen molar-refractivity contribution in [3.05, 3.63) is 92.9 Å². The number of fused-ring (bicyclic) bond motifs is 1. The standard InChI is InChI=1S/C25H23FN4O2S/c1-25(2)10-17-20(18(31)11-25)19(15-4-3-9-27-12-15)21-22(28-17)29-24(30-23(21)32)33-13-14-5-7-16(26)8-6-14/h3-9,12,19H,10-11,13H2,1-2H3,(H2,28,29,30,32). The number of allylic oxidation sites excluding steroid dienone is 2. The molecule has 1 aromatic carbocycles. The molecule has 1 atom stereocenters. The molecule has 8 heteroatoms. The molecule has 2 aliphatic rings. The van der Waals surface area contributed by atoms with Gasteiger partial charge in [-0.3, -0.25) is 14.6 Å². The van der Waals surface area contributed by atoms with Crippen LogP contribution in [-0.4, -0.2) is 20.7 Å². The van der Waals surface area contributed by atoms with Crippen LogP contribution in [0, 0.1) is 11.2 Å². The molecule has 5 rings (SSSR count). The number of nitrogens with one attached hydrogen (secondary N) is 2. The summed E-state index contributed by atoms with van der Waals surface area (Å²) in [6.45, 7) is 4.14. The molecule has 2 aromatic heterocycles. The van der Waals surface area contributed by atoms with Crippen LogP contribution in [0.15, 0.2) is 70.0 Å². The number of carbonyl (C=O) groups excluding carboxylic acids is 1. The quantitative estimate of drug-likeness (QED) is 0.428. The summed E-state index contributed by atoms with van der Waals surface area (Å²) in [5.74, 6) is 0.249. The van der Waals surface area contributed by atoms with Crippen molar-refractivity contribution in [3.8, 4) is 0 Å². The lowest BCUT2D eigenvalue weighted by atomic mass is 9.69. The molecule has 3 aromatic rings. The van der Waals surface area contributed by atoms with Gasteiger partial charge in [0.25, 0.3) is 5.56 Å². The number of H-pyrrole nitrogens is 1. The molecular formula is C25H23FN4O2S. The topological polar surface area (TPSA) is 87.7 Å². The van der Waals surface area contributed by atoms with E-state index in [1.165, 1.54) is 23.9 Å². The number of hydrogen-bond donors (Lipinski definition) is 2. The van der Waals surface area contributed by atoms with E-state index >= 15 is 0 Å². The molecular weight excluding hydrogens is 439 g/mol.